The van der Waals surface area contributed by atoms with Crippen molar-refractivity contribution in [2.45, 2.75) is 14.7 Å². The Morgan fingerprint density at radius 2 is 0.471 bits per heavy atom. The molecule has 0 spiro atoms. The first-order chi connectivity index (χ1) is 33.1. The van der Waals surface area contributed by atoms with Crippen molar-refractivity contribution in [3.8, 4) is 23.0 Å². The fraction of sp³-hybridized carbons (Fsp3) is 0.0870. The number of benzene rings is 7. The van der Waals surface area contributed by atoms with Crippen LogP contribution in [-0.4, -0.2) is 34.6 Å². The first kappa shape index (κ1) is 52.3. The SMILES string of the molecule is COc1c(F)c(F)c([B-](c2c(F)c(F)c(OC)c(F)c2F)(c2c(F)c(F)c(OC)c(F)c2F)c2c(F)c(F)c(OC)c(F)c2F)c(F)c1F.Fc1ccc([S+](c2ccccc2)c2ccc(F)cc2)cc1. The molecule has 0 saturated heterocycles. The summed E-state index contributed by atoms with van der Waals surface area (Å²) in [7, 11) is 0.942. The van der Waals surface area contributed by atoms with Crippen molar-refractivity contribution >= 4 is 38.9 Å². The van der Waals surface area contributed by atoms with Gasteiger partial charge in [0.1, 0.15) is 64.3 Å². The number of rotatable bonds is 11. The van der Waals surface area contributed by atoms with Crippen LogP contribution in [0.1, 0.15) is 0 Å². The lowest BCUT2D eigenvalue weighted by atomic mass is 9.12. The van der Waals surface area contributed by atoms with Gasteiger partial charge in [-0.2, -0.15) is 35.1 Å². The minimum Gasteiger partial charge on any atom is -0.491 e. The Morgan fingerprint density at radius 3 is 0.671 bits per heavy atom. The molecule has 4 nitrogen and oxygen atoms in total. The van der Waals surface area contributed by atoms with E-state index in [2.05, 4.69) is 18.9 Å². The lowest BCUT2D eigenvalue weighted by Crippen LogP contribution is -2.81. The molecule has 368 valence electrons. The Morgan fingerprint density at radius 1 is 0.271 bits per heavy atom. The van der Waals surface area contributed by atoms with E-state index in [1.54, 1.807) is 24.3 Å². The molecule has 0 radical (unpaired) electrons. The topological polar surface area (TPSA) is 36.9 Å². The van der Waals surface area contributed by atoms with Crippen LogP contribution in [0.15, 0.2) is 93.5 Å². The third kappa shape index (κ3) is 8.44. The second kappa shape index (κ2) is 20.5. The van der Waals surface area contributed by atoms with E-state index in [0.717, 1.165) is 14.7 Å². The Labute approximate surface area is 385 Å². The summed E-state index contributed by atoms with van der Waals surface area (Å²) < 4.78 is 293. The fourth-order valence-electron chi connectivity index (χ4n) is 7.72. The van der Waals surface area contributed by atoms with Gasteiger partial charge in [0.2, 0.25) is 46.5 Å². The quantitative estimate of drug-likeness (QED) is 0.0560. The molecule has 0 fully saturated rings. The molecule has 24 heteroatoms. The van der Waals surface area contributed by atoms with E-state index in [1.807, 2.05) is 30.3 Å². The number of hydrogen-bond acceptors (Lipinski definition) is 4. The average Bonchev–Trinajstić information content (AvgIpc) is 3.34. The largest absolute Gasteiger partial charge is 0.491 e. The van der Waals surface area contributed by atoms with E-state index in [-0.39, 0.29) is 22.5 Å². The minimum absolute atomic E-state index is 0.255. The predicted molar refractivity (Wildman–Crippen MR) is 217 cm³/mol. The third-order valence-corrected chi connectivity index (χ3v) is 12.9. The number of methoxy groups -OCH3 is 4. The number of halogens is 18. The summed E-state index contributed by atoms with van der Waals surface area (Å²) in [5.41, 5.74) is -12.6. The fourth-order valence-corrected chi connectivity index (χ4v) is 9.79. The van der Waals surface area contributed by atoms with Crippen LogP contribution in [-0.2, 0) is 10.9 Å². The first-order valence-corrected chi connectivity index (χ1v) is 20.4. The molecule has 0 unspecified atom stereocenters. The van der Waals surface area contributed by atoms with Gasteiger partial charge in [0.15, 0.2) is 37.7 Å². The van der Waals surface area contributed by atoms with Gasteiger partial charge in [-0.3, -0.25) is 0 Å². The molecule has 0 amide bonds. The Bertz CT molecular complexity index is 2690. The lowest BCUT2D eigenvalue weighted by Gasteiger charge is -2.45. The maximum Gasteiger partial charge on any atom is 0.200 e. The molecule has 0 aliphatic rings. The average molecular weight is 1030 g/mol. The van der Waals surface area contributed by atoms with Gasteiger partial charge in [0.05, 0.1) is 39.3 Å². The summed E-state index contributed by atoms with van der Waals surface area (Å²) in [4.78, 5) is 3.14. The van der Waals surface area contributed by atoms with Crippen molar-refractivity contribution < 1.29 is 98.0 Å². The normalized spacial score (nSPS) is 11.4. The molecular weight excluding hydrogens is 1000 g/mol. The molecule has 0 saturated carbocycles. The van der Waals surface area contributed by atoms with Crippen LogP contribution in [0.5, 0.6) is 23.0 Å². The molecular formula is C46H25BF18O4S. The highest BCUT2D eigenvalue weighted by Crippen LogP contribution is 2.37. The van der Waals surface area contributed by atoms with Crippen molar-refractivity contribution in [2.24, 2.45) is 0 Å². The van der Waals surface area contributed by atoms with Crippen LogP contribution in [0.3, 0.4) is 0 Å². The van der Waals surface area contributed by atoms with Crippen molar-refractivity contribution in [3.05, 3.63) is 184 Å². The maximum atomic E-state index is 16.1. The van der Waals surface area contributed by atoms with Gasteiger partial charge in [-0.1, -0.05) is 18.2 Å². The highest BCUT2D eigenvalue weighted by molar-refractivity contribution is 7.97. The Hall–Kier alpha value is -7.11. The molecule has 0 atom stereocenters. The third-order valence-electron chi connectivity index (χ3n) is 10.7. The Kier molecular flexibility index (Phi) is 15.3. The highest BCUT2D eigenvalue weighted by Gasteiger charge is 2.52. The van der Waals surface area contributed by atoms with Gasteiger partial charge in [-0.25, -0.2) is 43.9 Å². The highest BCUT2D eigenvalue weighted by atomic mass is 32.2. The van der Waals surface area contributed by atoms with Gasteiger partial charge >= 0.3 is 0 Å². The van der Waals surface area contributed by atoms with Gasteiger partial charge < -0.3 is 18.9 Å². The maximum absolute atomic E-state index is 16.1. The molecule has 70 heavy (non-hydrogen) atoms. The zero-order chi connectivity index (χ0) is 51.8. The molecule has 7 aromatic rings. The predicted octanol–water partition coefficient (Wildman–Crippen LogP) is 10.4. The van der Waals surface area contributed by atoms with E-state index >= 15 is 70.2 Å². The molecule has 0 aromatic heterocycles. The smallest absolute Gasteiger partial charge is 0.200 e. The van der Waals surface area contributed by atoms with Gasteiger partial charge in [0, 0.05) is 0 Å². The zero-order valence-corrected chi connectivity index (χ0v) is 36.2. The van der Waals surface area contributed by atoms with Crippen LogP contribution >= 0.6 is 0 Å². The van der Waals surface area contributed by atoms with Crippen LogP contribution < -0.4 is 40.8 Å². The molecule has 0 heterocycles. The molecule has 7 rings (SSSR count). The van der Waals surface area contributed by atoms with E-state index in [1.165, 1.54) is 24.3 Å². The summed E-state index contributed by atoms with van der Waals surface area (Å²) in [5.74, 6) is -58.2. The van der Waals surface area contributed by atoms with Crippen LogP contribution in [0.4, 0.5) is 79.0 Å². The summed E-state index contributed by atoms with van der Waals surface area (Å²) in [6, 6.07) is 23.0. The van der Waals surface area contributed by atoms with Crippen molar-refractivity contribution in [1.82, 2.24) is 0 Å². The van der Waals surface area contributed by atoms with E-state index in [0.29, 0.717) is 28.4 Å². The standard InChI is InChI=1S/C28H12BF16O4.C18H13F2S/c1-46-25-17(38)9(30)5(10(31)18(25)39)29(6-11(32)19(40)26(47-2)20(41)12(6)33,7-13(34)21(42)27(48-3)22(43)14(7)35)8-15(36)23(44)28(49-4)24(45)16(8)37;19-14-6-10-17(11-7-14)21(16-4-2-1-3-5-16)18-12-8-15(20)9-13-18/h1-4H3;1-13H/q-1;+1. The van der Waals surface area contributed by atoms with Crippen LogP contribution in [0, 0.1) is 105 Å². The molecule has 0 N–H and O–H groups in total. The summed E-state index contributed by atoms with van der Waals surface area (Å²) in [6.07, 6.45) is -6.80. The Balaban J connectivity index is 0.000000316. The van der Waals surface area contributed by atoms with E-state index < -0.39 is 144 Å². The number of ether oxygens (including phenoxy) is 4. The summed E-state index contributed by atoms with van der Waals surface area (Å²) >= 11 is 0. The monoisotopic (exact) mass is 1030 g/mol. The van der Waals surface area contributed by atoms with Crippen LogP contribution in [0.2, 0.25) is 0 Å². The number of hydrogen-bond donors (Lipinski definition) is 0. The second-order valence-corrected chi connectivity index (χ2v) is 16.2. The van der Waals surface area contributed by atoms with E-state index in [9.17, 15) is 8.78 Å². The molecule has 7 aromatic carbocycles. The van der Waals surface area contributed by atoms with E-state index in [4.69, 9.17) is 0 Å². The van der Waals surface area contributed by atoms with Gasteiger partial charge in [0.25, 0.3) is 0 Å². The van der Waals surface area contributed by atoms with Crippen LogP contribution in [0.25, 0.3) is 0 Å². The lowest BCUT2D eigenvalue weighted by molar-refractivity contribution is 0.332. The van der Waals surface area contributed by atoms with Gasteiger partial charge in [-0.15, -0.1) is 21.9 Å². The minimum atomic E-state index is -6.80. The first-order valence-electron chi connectivity index (χ1n) is 19.2. The second-order valence-electron chi connectivity index (χ2n) is 14.2. The summed E-state index contributed by atoms with van der Waals surface area (Å²) in [5, 5.41) is 0. The van der Waals surface area contributed by atoms with Crippen molar-refractivity contribution in [3.63, 3.8) is 0 Å². The molecule has 0 bridgehead atoms. The van der Waals surface area contributed by atoms with Crippen molar-refractivity contribution in [1.29, 1.82) is 0 Å². The zero-order valence-electron chi connectivity index (χ0n) is 35.4. The van der Waals surface area contributed by atoms with Gasteiger partial charge in [-0.05, 0) is 60.7 Å². The summed E-state index contributed by atoms with van der Waals surface area (Å²) in [6.45, 7) is 0. The van der Waals surface area contributed by atoms with Crippen molar-refractivity contribution in [2.75, 3.05) is 28.4 Å². The molecule has 0 aliphatic heterocycles. The molecule has 0 aliphatic carbocycles.